The molecule has 9 rings (SSSR count). The highest BCUT2D eigenvalue weighted by molar-refractivity contribution is 7.26. The molecule has 3 aliphatic carbocycles. The number of benzene rings is 5. The summed E-state index contributed by atoms with van der Waals surface area (Å²) in [6, 6.07) is 41.6. The van der Waals surface area contributed by atoms with Crippen LogP contribution in [0.25, 0.3) is 42.4 Å². The summed E-state index contributed by atoms with van der Waals surface area (Å²) < 4.78 is 2.75. The van der Waals surface area contributed by atoms with Gasteiger partial charge in [0.2, 0.25) is 0 Å². The number of thiophene rings is 1. The van der Waals surface area contributed by atoms with Crippen LogP contribution in [0.2, 0.25) is 0 Å². The van der Waals surface area contributed by atoms with Crippen LogP contribution >= 0.6 is 11.3 Å². The third-order valence-corrected chi connectivity index (χ3v) is 11.5. The normalized spacial score (nSPS) is 18.7. The fourth-order valence-electron chi connectivity index (χ4n) is 8.59. The van der Waals surface area contributed by atoms with Crippen molar-refractivity contribution in [3.63, 3.8) is 0 Å². The molecule has 5 aromatic carbocycles. The van der Waals surface area contributed by atoms with E-state index >= 15 is 0 Å². The number of hydrogen-bond donors (Lipinski definition) is 0. The second-order valence-corrected chi connectivity index (χ2v) is 13.5. The third-order valence-electron chi connectivity index (χ3n) is 10.3. The van der Waals surface area contributed by atoms with Gasteiger partial charge in [0.05, 0.1) is 0 Å². The number of fused-ring (bicyclic) bond motifs is 7. The Labute approximate surface area is 245 Å². The van der Waals surface area contributed by atoms with E-state index in [1.807, 2.05) is 11.3 Å². The highest BCUT2D eigenvalue weighted by Gasteiger charge is 2.43. The number of hydrogen-bond acceptors (Lipinski definition) is 1. The molecule has 198 valence electrons. The molecule has 0 N–H and O–H groups in total. The van der Waals surface area contributed by atoms with Crippen molar-refractivity contribution in [3.8, 4) is 11.1 Å². The Hall–Kier alpha value is -3.94. The SMILES string of the molecule is CC1CC2=c3c(cccc3=C1c1ccc(-c3cccc4c3sc3ccccc34)cc1)C1(CCCC1)c1ccccc12. The van der Waals surface area contributed by atoms with Gasteiger partial charge in [0.1, 0.15) is 0 Å². The molecule has 1 spiro atoms. The third kappa shape index (κ3) is 3.27. The zero-order valence-electron chi connectivity index (χ0n) is 23.4. The summed E-state index contributed by atoms with van der Waals surface area (Å²) in [6.07, 6.45) is 6.31. The standard InChI is InChI=1S/C40H32S/c1-25-24-33-29-10-2-4-15-34(29)40(22-6-7-23-40)35-16-9-14-32(38(33)35)37(25)27-20-18-26(19-21-27)28-12-8-13-31-30-11-3-5-17-36(30)41-39(28)31/h2-5,8-21,25H,6-7,22-24H2,1H3. The van der Waals surface area contributed by atoms with Crippen LogP contribution in [0.15, 0.2) is 109 Å². The summed E-state index contributed by atoms with van der Waals surface area (Å²) in [5.74, 6) is 0.468. The Morgan fingerprint density at radius 3 is 2.20 bits per heavy atom. The molecule has 1 saturated carbocycles. The molecule has 41 heavy (non-hydrogen) atoms. The maximum Gasteiger partial charge on any atom is 0.0433 e. The molecule has 1 fully saturated rings. The Bertz CT molecular complexity index is 2130. The van der Waals surface area contributed by atoms with Crippen LogP contribution in [0.3, 0.4) is 0 Å². The van der Waals surface area contributed by atoms with Crippen molar-refractivity contribution in [2.24, 2.45) is 5.92 Å². The minimum Gasteiger partial charge on any atom is -0.135 e. The van der Waals surface area contributed by atoms with Gasteiger partial charge >= 0.3 is 0 Å². The van der Waals surface area contributed by atoms with Crippen LogP contribution < -0.4 is 10.4 Å². The van der Waals surface area contributed by atoms with E-state index in [1.54, 1.807) is 21.9 Å². The Morgan fingerprint density at radius 2 is 1.32 bits per heavy atom. The lowest BCUT2D eigenvalue weighted by Gasteiger charge is -2.39. The molecular weight excluding hydrogens is 513 g/mol. The summed E-state index contributed by atoms with van der Waals surface area (Å²) in [5, 5.41) is 5.75. The van der Waals surface area contributed by atoms with Crippen LogP contribution in [0.5, 0.6) is 0 Å². The lowest BCUT2D eigenvalue weighted by molar-refractivity contribution is 0.522. The maximum atomic E-state index is 2.46. The van der Waals surface area contributed by atoms with Crippen molar-refractivity contribution in [1.82, 2.24) is 0 Å². The van der Waals surface area contributed by atoms with Crippen molar-refractivity contribution >= 4 is 42.7 Å². The molecule has 0 amide bonds. The molecule has 1 unspecified atom stereocenters. The molecule has 1 atom stereocenters. The molecule has 0 bridgehead atoms. The molecule has 6 aromatic rings. The summed E-state index contributed by atoms with van der Waals surface area (Å²) in [5.41, 5.74) is 12.0. The van der Waals surface area contributed by atoms with E-state index in [0.29, 0.717) is 5.92 Å². The van der Waals surface area contributed by atoms with E-state index in [2.05, 4.69) is 116 Å². The molecule has 0 saturated heterocycles. The van der Waals surface area contributed by atoms with Gasteiger partial charge in [-0.2, -0.15) is 0 Å². The Morgan fingerprint density at radius 1 is 0.634 bits per heavy atom. The van der Waals surface area contributed by atoms with Gasteiger partial charge in [-0.05, 0) is 86.2 Å². The van der Waals surface area contributed by atoms with E-state index in [-0.39, 0.29) is 5.41 Å². The summed E-state index contributed by atoms with van der Waals surface area (Å²) in [6.45, 7) is 2.44. The van der Waals surface area contributed by atoms with Crippen molar-refractivity contribution in [2.45, 2.75) is 44.4 Å². The summed E-state index contributed by atoms with van der Waals surface area (Å²) in [4.78, 5) is 0. The molecular formula is C40H32S. The first kappa shape index (κ1) is 23.7. The first-order chi connectivity index (χ1) is 20.2. The average Bonchev–Trinajstić information content (AvgIpc) is 3.66. The van der Waals surface area contributed by atoms with Gasteiger partial charge in [-0.25, -0.2) is 0 Å². The van der Waals surface area contributed by atoms with Crippen LogP contribution in [0.4, 0.5) is 0 Å². The summed E-state index contributed by atoms with van der Waals surface area (Å²) >= 11 is 1.91. The minimum absolute atomic E-state index is 0.184. The van der Waals surface area contributed by atoms with Crippen LogP contribution in [-0.4, -0.2) is 0 Å². The first-order valence-electron chi connectivity index (χ1n) is 15.2. The second kappa shape index (κ2) is 8.78. The fourth-order valence-corrected chi connectivity index (χ4v) is 9.83. The van der Waals surface area contributed by atoms with Crippen molar-refractivity contribution < 1.29 is 0 Å². The van der Waals surface area contributed by atoms with Gasteiger partial charge in [0.15, 0.2) is 0 Å². The largest absolute Gasteiger partial charge is 0.135 e. The lowest BCUT2D eigenvalue weighted by Crippen LogP contribution is -2.46. The van der Waals surface area contributed by atoms with Crippen molar-refractivity contribution in [3.05, 3.63) is 142 Å². The van der Waals surface area contributed by atoms with E-state index in [1.165, 1.54) is 78.9 Å². The van der Waals surface area contributed by atoms with Crippen molar-refractivity contribution in [1.29, 1.82) is 0 Å². The van der Waals surface area contributed by atoms with Gasteiger partial charge in [0.25, 0.3) is 0 Å². The molecule has 1 aromatic heterocycles. The first-order valence-corrected chi connectivity index (χ1v) is 16.0. The van der Waals surface area contributed by atoms with Gasteiger partial charge in [-0.1, -0.05) is 123 Å². The van der Waals surface area contributed by atoms with Crippen LogP contribution in [-0.2, 0) is 5.41 Å². The zero-order valence-corrected chi connectivity index (χ0v) is 24.2. The van der Waals surface area contributed by atoms with Gasteiger partial charge in [-0.15, -0.1) is 11.3 Å². The Kier molecular flexibility index (Phi) is 5.08. The maximum absolute atomic E-state index is 2.46. The van der Waals surface area contributed by atoms with Crippen LogP contribution in [0.1, 0.15) is 61.3 Å². The monoisotopic (exact) mass is 544 g/mol. The van der Waals surface area contributed by atoms with Crippen molar-refractivity contribution in [2.75, 3.05) is 0 Å². The zero-order chi connectivity index (χ0) is 27.1. The van der Waals surface area contributed by atoms with Gasteiger partial charge < -0.3 is 0 Å². The fraction of sp³-hybridized carbons (Fsp3) is 0.200. The average molecular weight is 545 g/mol. The second-order valence-electron chi connectivity index (χ2n) is 12.4. The molecule has 1 heterocycles. The van der Waals surface area contributed by atoms with E-state index in [9.17, 15) is 0 Å². The number of rotatable bonds is 2. The van der Waals surface area contributed by atoms with Crippen LogP contribution in [0, 0.1) is 5.92 Å². The molecule has 1 heteroatoms. The predicted molar refractivity (Wildman–Crippen MR) is 175 cm³/mol. The van der Waals surface area contributed by atoms with E-state index in [4.69, 9.17) is 0 Å². The quantitative estimate of drug-likeness (QED) is 0.204. The highest BCUT2D eigenvalue weighted by Crippen LogP contribution is 2.50. The summed E-state index contributed by atoms with van der Waals surface area (Å²) in [7, 11) is 0. The Balaban J connectivity index is 1.25. The molecule has 0 nitrogen and oxygen atoms in total. The van der Waals surface area contributed by atoms with Gasteiger partial charge in [-0.3, -0.25) is 0 Å². The smallest absolute Gasteiger partial charge is 0.0433 e. The molecule has 0 radical (unpaired) electrons. The topological polar surface area (TPSA) is 0 Å². The van der Waals surface area contributed by atoms with E-state index < -0.39 is 0 Å². The minimum atomic E-state index is 0.184. The predicted octanol–water partition coefficient (Wildman–Crippen LogP) is 9.33. The molecule has 3 aliphatic rings. The van der Waals surface area contributed by atoms with E-state index in [0.717, 1.165) is 6.42 Å². The molecule has 0 aliphatic heterocycles. The lowest BCUT2D eigenvalue weighted by atomic mass is 9.63. The highest BCUT2D eigenvalue weighted by atomic mass is 32.1. The van der Waals surface area contributed by atoms with Gasteiger partial charge in [0, 0.05) is 25.6 Å².